The topological polar surface area (TPSA) is 90.2 Å². The second-order valence-electron chi connectivity index (χ2n) is 3.67. The first-order valence-corrected chi connectivity index (χ1v) is 4.91. The lowest BCUT2D eigenvalue weighted by Crippen LogP contribution is -2.22. The molecule has 6 heteroatoms. The second-order valence-corrected chi connectivity index (χ2v) is 3.67. The smallest absolute Gasteiger partial charge is 0.253 e. The van der Waals surface area contributed by atoms with Gasteiger partial charge >= 0.3 is 0 Å². The number of aryl methyl sites for hydroxylation is 2. The van der Waals surface area contributed by atoms with E-state index in [1.807, 2.05) is 32.0 Å². The van der Waals surface area contributed by atoms with Crippen molar-refractivity contribution in [3.05, 3.63) is 29.5 Å². The summed E-state index contributed by atoms with van der Waals surface area (Å²) in [7, 11) is 0. The summed E-state index contributed by atoms with van der Waals surface area (Å²) in [5.74, 6) is 0.266. The molecule has 0 atom stereocenters. The Balaban J connectivity index is 0.00000144. The standard InChI is InChI=1S/C11H13N5.ClH/c1-6-3-4-8-7(2)14-11(16-10(12)13)15-9(8)5-6;/h3-5H,1-2H3,(H4,12,13,14,15,16);1H. The molecular weight excluding hydrogens is 238 g/mol. The molecule has 0 aliphatic carbocycles. The van der Waals surface area contributed by atoms with E-state index in [2.05, 4.69) is 15.0 Å². The largest absolute Gasteiger partial charge is 0.370 e. The maximum absolute atomic E-state index is 5.30. The van der Waals surface area contributed by atoms with Gasteiger partial charge in [-0.25, -0.2) is 9.97 Å². The minimum absolute atomic E-state index is 0. The summed E-state index contributed by atoms with van der Waals surface area (Å²) in [6.07, 6.45) is 0. The Bertz CT molecular complexity index is 575. The fourth-order valence-electron chi connectivity index (χ4n) is 1.55. The molecule has 5 nitrogen and oxygen atoms in total. The van der Waals surface area contributed by atoms with Gasteiger partial charge in [-0.15, -0.1) is 12.4 Å². The number of nitrogens with zero attached hydrogens (tertiary/aromatic N) is 3. The maximum atomic E-state index is 5.30. The lowest BCUT2D eigenvalue weighted by atomic mass is 10.1. The van der Waals surface area contributed by atoms with E-state index >= 15 is 0 Å². The van der Waals surface area contributed by atoms with Crippen LogP contribution in [0.1, 0.15) is 11.3 Å². The fourth-order valence-corrected chi connectivity index (χ4v) is 1.55. The molecule has 0 bridgehead atoms. The molecule has 0 saturated carbocycles. The molecule has 1 aromatic carbocycles. The van der Waals surface area contributed by atoms with E-state index in [9.17, 15) is 0 Å². The van der Waals surface area contributed by atoms with Crippen molar-refractivity contribution in [2.75, 3.05) is 0 Å². The van der Waals surface area contributed by atoms with Gasteiger partial charge in [0.15, 0.2) is 5.96 Å². The molecule has 90 valence electrons. The first-order valence-electron chi connectivity index (χ1n) is 4.91. The normalized spacial score (nSPS) is 9.76. The highest BCUT2D eigenvalue weighted by Gasteiger charge is 2.03. The molecule has 0 aliphatic heterocycles. The highest BCUT2D eigenvalue weighted by atomic mass is 35.5. The minimum Gasteiger partial charge on any atom is -0.370 e. The van der Waals surface area contributed by atoms with Crippen LogP contribution in [0.25, 0.3) is 10.9 Å². The highest BCUT2D eigenvalue weighted by Crippen LogP contribution is 2.19. The predicted octanol–water partition coefficient (Wildman–Crippen LogP) is 1.57. The number of rotatable bonds is 1. The molecule has 0 radical (unpaired) electrons. The number of nitrogens with two attached hydrogens (primary N) is 2. The molecule has 4 N–H and O–H groups in total. The zero-order chi connectivity index (χ0) is 11.7. The number of hydrogen-bond donors (Lipinski definition) is 2. The van der Waals surface area contributed by atoms with E-state index in [4.69, 9.17) is 11.5 Å². The van der Waals surface area contributed by atoms with Crippen LogP contribution in [-0.4, -0.2) is 15.9 Å². The molecule has 0 fully saturated rings. The molecule has 17 heavy (non-hydrogen) atoms. The van der Waals surface area contributed by atoms with Crippen LogP contribution in [0.15, 0.2) is 23.2 Å². The molecule has 0 spiro atoms. The fraction of sp³-hybridized carbons (Fsp3) is 0.182. The van der Waals surface area contributed by atoms with E-state index < -0.39 is 0 Å². The molecule has 0 unspecified atom stereocenters. The SMILES string of the molecule is Cc1ccc2c(C)nc(N=C(N)N)nc2c1.Cl. The van der Waals surface area contributed by atoms with Crippen LogP contribution < -0.4 is 11.5 Å². The monoisotopic (exact) mass is 251 g/mol. The first kappa shape index (κ1) is 13.2. The van der Waals surface area contributed by atoms with Crippen LogP contribution in [0.4, 0.5) is 5.95 Å². The Kier molecular flexibility index (Phi) is 3.85. The minimum atomic E-state index is -0.0357. The lowest BCUT2D eigenvalue weighted by molar-refractivity contribution is 1.12. The number of hydrogen-bond acceptors (Lipinski definition) is 3. The average molecular weight is 252 g/mol. The molecule has 1 heterocycles. The average Bonchev–Trinajstić information content (AvgIpc) is 2.15. The second kappa shape index (κ2) is 4.97. The zero-order valence-corrected chi connectivity index (χ0v) is 10.5. The van der Waals surface area contributed by atoms with E-state index in [-0.39, 0.29) is 18.4 Å². The van der Waals surface area contributed by atoms with Crippen LogP contribution in [0.3, 0.4) is 0 Å². The van der Waals surface area contributed by atoms with Crippen molar-refractivity contribution in [1.82, 2.24) is 9.97 Å². The van der Waals surface area contributed by atoms with Gasteiger partial charge in [-0.05, 0) is 25.5 Å². The third-order valence-corrected chi connectivity index (χ3v) is 2.26. The zero-order valence-electron chi connectivity index (χ0n) is 9.64. The van der Waals surface area contributed by atoms with Gasteiger partial charge in [0.25, 0.3) is 5.95 Å². The molecule has 1 aromatic heterocycles. The number of halogens is 1. The number of fused-ring (bicyclic) bond motifs is 1. The number of aromatic nitrogens is 2. The lowest BCUT2D eigenvalue weighted by Gasteiger charge is -2.03. The number of guanidine groups is 1. The van der Waals surface area contributed by atoms with Crippen molar-refractivity contribution in [1.29, 1.82) is 0 Å². The Hall–Kier alpha value is -1.88. The van der Waals surface area contributed by atoms with Crippen molar-refractivity contribution in [3.63, 3.8) is 0 Å². The summed E-state index contributed by atoms with van der Waals surface area (Å²) in [6.45, 7) is 3.92. The highest BCUT2D eigenvalue weighted by molar-refractivity contribution is 5.85. The third kappa shape index (κ3) is 2.82. The maximum Gasteiger partial charge on any atom is 0.253 e. The number of aliphatic imine (C=N–C) groups is 1. The van der Waals surface area contributed by atoms with Crippen LogP contribution in [0.2, 0.25) is 0 Å². The van der Waals surface area contributed by atoms with Crippen LogP contribution >= 0.6 is 12.4 Å². The Morgan fingerprint density at radius 1 is 1.18 bits per heavy atom. The predicted molar refractivity (Wildman–Crippen MR) is 71.7 cm³/mol. The Morgan fingerprint density at radius 3 is 2.53 bits per heavy atom. The van der Waals surface area contributed by atoms with E-state index in [0.29, 0.717) is 5.95 Å². The van der Waals surface area contributed by atoms with E-state index in [0.717, 1.165) is 22.2 Å². The quantitative estimate of drug-likeness (QED) is 0.595. The summed E-state index contributed by atoms with van der Waals surface area (Å²) in [4.78, 5) is 12.3. The molecular formula is C11H14ClN5. The van der Waals surface area contributed by atoms with Crippen molar-refractivity contribution < 1.29 is 0 Å². The van der Waals surface area contributed by atoms with Crippen molar-refractivity contribution in [3.8, 4) is 0 Å². The van der Waals surface area contributed by atoms with Gasteiger partial charge in [0.2, 0.25) is 0 Å². The Labute approximate surface area is 105 Å². The van der Waals surface area contributed by atoms with Crippen molar-refractivity contribution in [2.24, 2.45) is 16.5 Å². The molecule has 2 rings (SSSR count). The summed E-state index contributed by atoms with van der Waals surface area (Å²) >= 11 is 0. The van der Waals surface area contributed by atoms with Gasteiger partial charge in [0.05, 0.1) is 11.2 Å². The van der Waals surface area contributed by atoms with Gasteiger partial charge in [-0.1, -0.05) is 12.1 Å². The van der Waals surface area contributed by atoms with Gasteiger partial charge < -0.3 is 11.5 Å². The summed E-state index contributed by atoms with van der Waals surface area (Å²) < 4.78 is 0. The molecule has 0 aliphatic rings. The summed E-state index contributed by atoms with van der Waals surface area (Å²) in [6, 6.07) is 6.01. The van der Waals surface area contributed by atoms with E-state index in [1.165, 1.54) is 0 Å². The Morgan fingerprint density at radius 2 is 1.88 bits per heavy atom. The van der Waals surface area contributed by atoms with Gasteiger partial charge in [-0.3, -0.25) is 0 Å². The third-order valence-electron chi connectivity index (χ3n) is 2.26. The van der Waals surface area contributed by atoms with Gasteiger partial charge in [0.1, 0.15) is 0 Å². The van der Waals surface area contributed by atoms with Crippen LogP contribution in [0.5, 0.6) is 0 Å². The van der Waals surface area contributed by atoms with E-state index in [1.54, 1.807) is 0 Å². The van der Waals surface area contributed by atoms with Gasteiger partial charge in [0, 0.05) is 5.39 Å². The summed E-state index contributed by atoms with van der Waals surface area (Å²) in [5.41, 5.74) is 13.5. The van der Waals surface area contributed by atoms with Crippen molar-refractivity contribution >= 4 is 35.2 Å². The van der Waals surface area contributed by atoms with Gasteiger partial charge in [-0.2, -0.15) is 4.99 Å². The molecule has 0 amide bonds. The summed E-state index contributed by atoms with van der Waals surface area (Å²) in [5, 5.41) is 1.01. The first-order chi connectivity index (χ1) is 7.56. The van der Waals surface area contributed by atoms with Crippen LogP contribution in [-0.2, 0) is 0 Å². The van der Waals surface area contributed by atoms with Crippen LogP contribution in [0, 0.1) is 13.8 Å². The molecule has 2 aromatic rings. The number of benzene rings is 1. The van der Waals surface area contributed by atoms with Crippen molar-refractivity contribution in [2.45, 2.75) is 13.8 Å². The molecule has 0 saturated heterocycles.